The molecule has 0 spiro atoms. The number of aryl methyl sites for hydroxylation is 1. The molecular formula is C26H30N4O4. The molecule has 1 aromatic heterocycles. The Morgan fingerprint density at radius 2 is 2.00 bits per heavy atom. The first-order chi connectivity index (χ1) is 16.5. The van der Waals surface area contributed by atoms with E-state index in [0.717, 1.165) is 48.0 Å². The number of oxazole rings is 1. The lowest BCUT2D eigenvalue weighted by molar-refractivity contribution is -0.125. The molecule has 3 aromatic rings. The molecule has 1 fully saturated rings. The second kappa shape index (κ2) is 10.7. The summed E-state index contributed by atoms with van der Waals surface area (Å²) in [5, 5.41) is 15.9. The van der Waals surface area contributed by atoms with Crippen molar-refractivity contribution in [1.29, 1.82) is 5.26 Å². The van der Waals surface area contributed by atoms with Gasteiger partial charge in [0.05, 0.1) is 23.6 Å². The first kappa shape index (κ1) is 23.7. The van der Waals surface area contributed by atoms with E-state index in [9.17, 15) is 14.9 Å². The first-order valence-corrected chi connectivity index (χ1v) is 11.6. The van der Waals surface area contributed by atoms with E-state index in [0.29, 0.717) is 18.5 Å². The summed E-state index contributed by atoms with van der Waals surface area (Å²) in [6.45, 7) is 1.32. The molecule has 1 amide bonds. The van der Waals surface area contributed by atoms with E-state index in [1.165, 1.54) is 4.57 Å². The number of nitrogens with one attached hydrogen (secondary N) is 2. The molecule has 178 valence electrons. The molecule has 2 N–H and O–H groups in total. The summed E-state index contributed by atoms with van der Waals surface area (Å²) in [4.78, 5) is 24.5. The van der Waals surface area contributed by atoms with Crippen LogP contribution in [0.4, 0.5) is 0 Å². The maximum Gasteiger partial charge on any atom is 0.419 e. The number of methoxy groups -OCH3 is 1. The molecule has 1 aliphatic rings. The van der Waals surface area contributed by atoms with Gasteiger partial charge in [-0.3, -0.25) is 9.36 Å². The Hall–Kier alpha value is -3.41. The number of hydrogen-bond acceptors (Lipinski definition) is 6. The summed E-state index contributed by atoms with van der Waals surface area (Å²) in [5.74, 6) is -0.614. The predicted molar refractivity (Wildman–Crippen MR) is 129 cm³/mol. The summed E-state index contributed by atoms with van der Waals surface area (Å²) in [5.41, 5.74) is 4.21. The summed E-state index contributed by atoms with van der Waals surface area (Å²) in [6, 6.07) is 15.2. The van der Waals surface area contributed by atoms with Gasteiger partial charge in [-0.2, -0.15) is 5.26 Å². The van der Waals surface area contributed by atoms with E-state index in [-0.39, 0.29) is 23.7 Å². The quantitative estimate of drug-likeness (QED) is 0.583. The van der Waals surface area contributed by atoms with Gasteiger partial charge in [-0.25, -0.2) is 4.79 Å². The Morgan fingerprint density at radius 1 is 1.24 bits per heavy atom. The van der Waals surface area contributed by atoms with Crippen molar-refractivity contribution in [2.24, 2.45) is 13.0 Å². The fourth-order valence-corrected chi connectivity index (χ4v) is 4.43. The van der Waals surface area contributed by atoms with E-state index < -0.39 is 6.04 Å². The van der Waals surface area contributed by atoms with Crippen LogP contribution in [0.5, 0.6) is 0 Å². The zero-order valence-electron chi connectivity index (χ0n) is 19.5. The summed E-state index contributed by atoms with van der Waals surface area (Å²) >= 11 is 0. The number of fused-ring (bicyclic) bond motifs is 1. The molecule has 2 heterocycles. The minimum Gasteiger partial charge on any atom is -0.408 e. The number of nitriles is 1. The summed E-state index contributed by atoms with van der Waals surface area (Å²) in [7, 11) is 3.39. The standard InChI is InChI=1S/C26H30N4O4/c1-30-23-13-19(10-11-24(23)34-26(30)32)18-8-6-17(7-9-18)12-21(14-27)29-25(31)20-4-3-5-22(33-2)16-28-15-20/h6-11,13,20-22,28H,3-5,12,15-16H2,1-2H3,(H,29,31). The van der Waals surface area contributed by atoms with Gasteiger partial charge in [0.1, 0.15) is 6.04 Å². The number of amides is 1. The molecule has 8 nitrogen and oxygen atoms in total. The molecule has 0 saturated carbocycles. The van der Waals surface area contributed by atoms with E-state index >= 15 is 0 Å². The van der Waals surface area contributed by atoms with Crippen LogP contribution in [0, 0.1) is 17.2 Å². The second-order valence-corrected chi connectivity index (χ2v) is 8.84. The van der Waals surface area contributed by atoms with Crippen LogP contribution in [-0.4, -0.2) is 42.8 Å². The van der Waals surface area contributed by atoms with Crippen molar-refractivity contribution in [2.45, 2.75) is 37.8 Å². The second-order valence-electron chi connectivity index (χ2n) is 8.84. The van der Waals surface area contributed by atoms with E-state index in [4.69, 9.17) is 9.15 Å². The Bertz CT molecular complexity index is 1230. The van der Waals surface area contributed by atoms with Gasteiger partial charge in [0.2, 0.25) is 5.91 Å². The van der Waals surface area contributed by atoms with Crippen molar-refractivity contribution in [1.82, 2.24) is 15.2 Å². The lowest BCUT2D eigenvalue weighted by atomic mass is 9.96. The van der Waals surface area contributed by atoms with Crippen molar-refractivity contribution in [3.63, 3.8) is 0 Å². The third kappa shape index (κ3) is 5.38. The third-order valence-electron chi connectivity index (χ3n) is 6.54. The topological polar surface area (TPSA) is 109 Å². The lowest BCUT2D eigenvalue weighted by Gasteiger charge is -2.25. The SMILES string of the molecule is COC1CCCC(C(=O)NC(C#N)Cc2ccc(-c3ccc4oc(=O)n(C)c4c3)cc2)CNC1. The molecule has 4 rings (SSSR count). The van der Waals surface area contributed by atoms with Crippen LogP contribution in [0.15, 0.2) is 51.7 Å². The van der Waals surface area contributed by atoms with Crippen LogP contribution in [-0.2, 0) is 23.0 Å². The molecule has 34 heavy (non-hydrogen) atoms. The highest BCUT2D eigenvalue weighted by molar-refractivity contribution is 5.81. The van der Waals surface area contributed by atoms with Gasteiger partial charge in [-0.1, -0.05) is 30.3 Å². The van der Waals surface area contributed by atoms with Crippen molar-refractivity contribution in [3.8, 4) is 17.2 Å². The molecule has 1 saturated heterocycles. The number of rotatable bonds is 6. The summed E-state index contributed by atoms with van der Waals surface area (Å²) < 4.78 is 12.1. The van der Waals surface area contributed by atoms with E-state index in [1.54, 1.807) is 20.2 Å². The van der Waals surface area contributed by atoms with Gasteiger partial charge >= 0.3 is 5.76 Å². The van der Waals surface area contributed by atoms with Crippen molar-refractivity contribution in [3.05, 3.63) is 58.6 Å². The van der Waals surface area contributed by atoms with E-state index in [1.807, 2.05) is 36.4 Å². The molecule has 8 heteroatoms. The zero-order chi connectivity index (χ0) is 24.1. The number of nitrogens with zero attached hydrogens (tertiary/aromatic N) is 2. The Morgan fingerprint density at radius 3 is 2.74 bits per heavy atom. The molecule has 0 radical (unpaired) electrons. The molecule has 1 aliphatic heterocycles. The number of aromatic nitrogens is 1. The maximum absolute atomic E-state index is 12.8. The predicted octanol–water partition coefficient (Wildman–Crippen LogP) is 2.75. The Labute approximate surface area is 198 Å². The number of carbonyl (C=O) groups excluding carboxylic acids is 1. The zero-order valence-corrected chi connectivity index (χ0v) is 19.5. The number of hydrogen-bond donors (Lipinski definition) is 2. The van der Waals surface area contributed by atoms with Crippen LogP contribution >= 0.6 is 0 Å². The number of carbonyl (C=O) groups is 1. The fraction of sp³-hybridized carbons (Fsp3) is 0.423. The fourth-order valence-electron chi connectivity index (χ4n) is 4.43. The van der Waals surface area contributed by atoms with Gasteiger partial charge in [0.15, 0.2) is 5.58 Å². The lowest BCUT2D eigenvalue weighted by Crippen LogP contribution is -2.44. The molecule has 0 bridgehead atoms. The third-order valence-corrected chi connectivity index (χ3v) is 6.54. The van der Waals surface area contributed by atoms with Crippen molar-refractivity contribution >= 4 is 17.0 Å². The Balaban J connectivity index is 1.38. The van der Waals surface area contributed by atoms with Gasteiger partial charge in [0, 0.05) is 33.7 Å². The van der Waals surface area contributed by atoms with Gasteiger partial charge in [-0.05, 0) is 48.1 Å². The Kier molecular flexibility index (Phi) is 7.46. The normalized spacial score (nSPS) is 19.7. The van der Waals surface area contributed by atoms with Crippen LogP contribution in [0.3, 0.4) is 0 Å². The monoisotopic (exact) mass is 462 g/mol. The highest BCUT2D eigenvalue weighted by Gasteiger charge is 2.24. The van der Waals surface area contributed by atoms with Crippen LogP contribution in [0.25, 0.3) is 22.2 Å². The largest absolute Gasteiger partial charge is 0.419 e. The van der Waals surface area contributed by atoms with Crippen LogP contribution in [0.2, 0.25) is 0 Å². The average Bonchev–Trinajstić information content (AvgIpc) is 3.12. The van der Waals surface area contributed by atoms with Crippen molar-refractivity contribution < 1.29 is 13.9 Å². The molecule has 3 atom stereocenters. The number of benzene rings is 2. The maximum atomic E-state index is 12.8. The molecule has 2 aromatic carbocycles. The van der Waals surface area contributed by atoms with Gasteiger partial charge in [0.25, 0.3) is 0 Å². The molecular weight excluding hydrogens is 432 g/mol. The average molecular weight is 463 g/mol. The first-order valence-electron chi connectivity index (χ1n) is 11.6. The molecule has 3 unspecified atom stereocenters. The minimum absolute atomic E-state index is 0.0782. The van der Waals surface area contributed by atoms with Crippen LogP contribution in [0.1, 0.15) is 24.8 Å². The van der Waals surface area contributed by atoms with Crippen LogP contribution < -0.4 is 16.4 Å². The van der Waals surface area contributed by atoms with Gasteiger partial charge < -0.3 is 19.8 Å². The smallest absolute Gasteiger partial charge is 0.408 e. The number of ether oxygens (including phenoxy) is 1. The van der Waals surface area contributed by atoms with E-state index in [2.05, 4.69) is 16.7 Å². The highest BCUT2D eigenvalue weighted by Crippen LogP contribution is 2.24. The minimum atomic E-state index is -0.590. The van der Waals surface area contributed by atoms with Crippen molar-refractivity contribution in [2.75, 3.05) is 20.2 Å². The highest BCUT2D eigenvalue weighted by atomic mass is 16.5. The van der Waals surface area contributed by atoms with Gasteiger partial charge in [-0.15, -0.1) is 0 Å². The summed E-state index contributed by atoms with van der Waals surface area (Å²) in [6.07, 6.45) is 3.25. The molecule has 0 aliphatic carbocycles.